The highest BCUT2D eigenvalue weighted by Crippen LogP contribution is 2.33. The maximum Gasteiger partial charge on any atom is 0.232 e. The minimum absolute atomic E-state index is 0.243. The fourth-order valence-electron chi connectivity index (χ4n) is 2.93. The molecule has 2 heterocycles. The Morgan fingerprint density at radius 2 is 1.90 bits per heavy atom. The third-order valence-corrected chi connectivity index (χ3v) is 4.46. The molecule has 0 N–H and O–H groups in total. The van der Waals surface area contributed by atoms with Crippen LogP contribution >= 0.6 is 11.6 Å². The van der Waals surface area contributed by atoms with Crippen LogP contribution in [-0.4, -0.2) is 47.0 Å². The molecule has 0 saturated carbocycles. The molecule has 1 fully saturated rings. The van der Waals surface area contributed by atoms with Crippen molar-refractivity contribution in [1.29, 1.82) is 0 Å². The van der Waals surface area contributed by atoms with Gasteiger partial charge in [-0.05, 0) is 19.8 Å². The Balaban J connectivity index is 1.61. The quantitative estimate of drug-likeness (QED) is 0.786. The molecule has 21 heavy (non-hydrogen) atoms. The molecule has 1 aromatic heterocycles. The summed E-state index contributed by atoms with van der Waals surface area (Å²) in [5.74, 6) is 0.923. The zero-order valence-corrected chi connectivity index (χ0v) is 12.9. The average molecular weight is 307 g/mol. The van der Waals surface area contributed by atoms with E-state index in [1.165, 1.54) is 0 Å². The number of allylic oxidation sites excluding steroid dienone is 1. The number of carbonyl (C=O) groups is 1. The maximum atomic E-state index is 12.6. The molecule has 0 bridgehead atoms. The summed E-state index contributed by atoms with van der Waals surface area (Å²) in [7, 11) is 0. The molecule has 3 rings (SSSR count). The fraction of sp³-hybridized carbons (Fsp3) is 0.533. The van der Waals surface area contributed by atoms with Gasteiger partial charge >= 0.3 is 0 Å². The number of nitrogens with zero attached hydrogens (tertiary/aromatic N) is 4. The van der Waals surface area contributed by atoms with E-state index < -0.39 is 0 Å². The number of halogens is 1. The van der Waals surface area contributed by atoms with E-state index in [4.69, 9.17) is 11.6 Å². The van der Waals surface area contributed by atoms with Crippen LogP contribution in [0.2, 0.25) is 5.02 Å². The van der Waals surface area contributed by atoms with Crippen LogP contribution in [0.25, 0.3) is 0 Å². The standard InChI is InChI=1S/C15H19ClN4O/c1-15(4-2-3-5-15)13(21)19-6-8-20(9-7-19)14-17-10-12(16)11-18-14/h2,4,10-11H,3,5-9H2,1H3. The van der Waals surface area contributed by atoms with Crippen LogP contribution in [0, 0.1) is 5.41 Å². The molecule has 0 radical (unpaired) electrons. The Morgan fingerprint density at radius 3 is 2.48 bits per heavy atom. The minimum Gasteiger partial charge on any atom is -0.338 e. The van der Waals surface area contributed by atoms with Gasteiger partial charge in [0.05, 0.1) is 22.8 Å². The highest BCUT2D eigenvalue weighted by Gasteiger charge is 2.37. The summed E-state index contributed by atoms with van der Waals surface area (Å²) in [6.07, 6.45) is 9.30. The summed E-state index contributed by atoms with van der Waals surface area (Å²) in [4.78, 5) is 25.1. The van der Waals surface area contributed by atoms with Gasteiger partial charge in [-0.25, -0.2) is 9.97 Å². The Hall–Kier alpha value is -1.62. The molecule has 1 aromatic rings. The molecular formula is C15H19ClN4O. The number of anilines is 1. The zero-order valence-electron chi connectivity index (χ0n) is 12.1. The van der Waals surface area contributed by atoms with Gasteiger partial charge in [0, 0.05) is 26.2 Å². The highest BCUT2D eigenvalue weighted by atomic mass is 35.5. The second-order valence-electron chi connectivity index (χ2n) is 5.84. The molecule has 1 aliphatic carbocycles. The first-order chi connectivity index (χ1) is 10.1. The Kier molecular flexibility index (Phi) is 3.85. The average Bonchev–Trinajstić information content (AvgIpc) is 2.96. The number of aromatic nitrogens is 2. The van der Waals surface area contributed by atoms with Gasteiger partial charge in [-0.2, -0.15) is 0 Å². The molecule has 112 valence electrons. The van der Waals surface area contributed by atoms with Crippen LogP contribution in [0.1, 0.15) is 19.8 Å². The van der Waals surface area contributed by atoms with Crippen molar-refractivity contribution in [2.45, 2.75) is 19.8 Å². The molecule has 5 nitrogen and oxygen atoms in total. The van der Waals surface area contributed by atoms with E-state index >= 15 is 0 Å². The first-order valence-corrected chi connectivity index (χ1v) is 7.66. The van der Waals surface area contributed by atoms with Crippen LogP contribution in [0.4, 0.5) is 5.95 Å². The molecule has 1 aliphatic heterocycles. The first kappa shape index (κ1) is 14.3. The summed E-state index contributed by atoms with van der Waals surface area (Å²) in [5, 5.41) is 0.536. The van der Waals surface area contributed by atoms with Crippen LogP contribution in [0.3, 0.4) is 0 Å². The number of amides is 1. The van der Waals surface area contributed by atoms with E-state index in [-0.39, 0.29) is 11.3 Å². The van der Waals surface area contributed by atoms with Crippen molar-refractivity contribution in [3.8, 4) is 0 Å². The van der Waals surface area contributed by atoms with Crippen molar-refractivity contribution in [1.82, 2.24) is 14.9 Å². The van der Waals surface area contributed by atoms with Crippen LogP contribution in [0.5, 0.6) is 0 Å². The summed E-state index contributed by atoms with van der Waals surface area (Å²) < 4.78 is 0. The monoisotopic (exact) mass is 306 g/mol. The van der Waals surface area contributed by atoms with Gasteiger partial charge < -0.3 is 9.80 Å². The lowest BCUT2D eigenvalue weighted by molar-refractivity contribution is -0.139. The van der Waals surface area contributed by atoms with Crippen molar-refractivity contribution in [2.75, 3.05) is 31.1 Å². The fourth-order valence-corrected chi connectivity index (χ4v) is 3.03. The van der Waals surface area contributed by atoms with Gasteiger partial charge in [0.25, 0.3) is 0 Å². The SMILES string of the molecule is CC1(C(=O)N2CCN(c3ncc(Cl)cn3)CC2)C=CCC1. The predicted octanol–water partition coefficient (Wildman–Crippen LogP) is 2.13. The van der Waals surface area contributed by atoms with E-state index in [1.54, 1.807) is 12.4 Å². The van der Waals surface area contributed by atoms with Crippen molar-refractivity contribution in [3.63, 3.8) is 0 Å². The third kappa shape index (κ3) is 2.88. The van der Waals surface area contributed by atoms with Gasteiger partial charge in [-0.3, -0.25) is 4.79 Å². The van der Waals surface area contributed by atoms with Crippen molar-refractivity contribution in [2.24, 2.45) is 5.41 Å². The topological polar surface area (TPSA) is 49.3 Å². The Morgan fingerprint density at radius 1 is 1.24 bits per heavy atom. The van der Waals surface area contributed by atoms with Crippen molar-refractivity contribution < 1.29 is 4.79 Å². The maximum absolute atomic E-state index is 12.6. The minimum atomic E-state index is -0.307. The van der Waals surface area contributed by atoms with Crippen LogP contribution in [0.15, 0.2) is 24.5 Å². The molecule has 0 aromatic carbocycles. The second-order valence-corrected chi connectivity index (χ2v) is 6.28. The first-order valence-electron chi connectivity index (χ1n) is 7.28. The van der Waals surface area contributed by atoms with E-state index in [0.717, 1.165) is 25.9 Å². The second kappa shape index (κ2) is 5.64. The predicted molar refractivity (Wildman–Crippen MR) is 82.3 cm³/mol. The van der Waals surface area contributed by atoms with Gasteiger partial charge in [0.15, 0.2) is 0 Å². The largest absolute Gasteiger partial charge is 0.338 e. The Labute approximate surface area is 129 Å². The molecule has 6 heteroatoms. The lowest BCUT2D eigenvalue weighted by Gasteiger charge is -2.38. The molecule has 1 atom stereocenters. The van der Waals surface area contributed by atoms with Crippen molar-refractivity contribution >= 4 is 23.5 Å². The number of hydrogen-bond acceptors (Lipinski definition) is 4. The summed E-state index contributed by atoms with van der Waals surface area (Å²) in [5.41, 5.74) is -0.307. The zero-order chi connectivity index (χ0) is 14.9. The number of rotatable bonds is 2. The van der Waals surface area contributed by atoms with Crippen molar-refractivity contribution in [3.05, 3.63) is 29.6 Å². The van der Waals surface area contributed by atoms with E-state index in [0.29, 0.717) is 24.1 Å². The van der Waals surface area contributed by atoms with Gasteiger partial charge in [-0.15, -0.1) is 0 Å². The summed E-state index contributed by atoms with van der Waals surface area (Å²) in [6.45, 7) is 4.98. The lowest BCUT2D eigenvalue weighted by Crippen LogP contribution is -2.52. The highest BCUT2D eigenvalue weighted by molar-refractivity contribution is 6.30. The van der Waals surface area contributed by atoms with E-state index in [1.807, 2.05) is 11.8 Å². The number of piperazine rings is 1. The number of hydrogen-bond donors (Lipinski definition) is 0. The molecule has 0 spiro atoms. The van der Waals surface area contributed by atoms with Gasteiger partial charge in [0.2, 0.25) is 11.9 Å². The smallest absolute Gasteiger partial charge is 0.232 e. The normalized spacial score (nSPS) is 25.4. The Bertz CT molecular complexity index is 551. The van der Waals surface area contributed by atoms with E-state index in [9.17, 15) is 4.79 Å². The van der Waals surface area contributed by atoms with Crippen LogP contribution < -0.4 is 4.90 Å². The number of carbonyl (C=O) groups excluding carboxylic acids is 1. The van der Waals surface area contributed by atoms with E-state index in [2.05, 4.69) is 27.0 Å². The van der Waals surface area contributed by atoms with Gasteiger partial charge in [0.1, 0.15) is 0 Å². The van der Waals surface area contributed by atoms with Gasteiger partial charge in [-0.1, -0.05) is 23.8 Å². The molecule has 1 unspecified atom stereocenters. The molecule has 2 aliphatic rings. The molecule has 1 amide bonds. The van der Waals surface area contributed by atoms with Crippen LogP contribution in [-0.2, 0) is 4.79 Å². The lowest BCUT2D eigenvalue weighted by atomic mass is 9.88. The summed E-state index contributed by atoms with van der Waals surface area (Å²) in [6, 6.07) is 0. The molecule has 1 saturated heterocycles. The summed E-state index contributed by atoms with van der Waals surface area (Å²) >= 11 is 5.80. The third-order valence-electron chi connectivity index (χ3n) is 4.26. The molecular weight excluding hydrogens is 288 g/mol.